The van der Waals surface area contributed by atoms with Gasteiger partial charge in [0.15, 0.2) is 0 Å². The molecular formula is C19H29N3O. The van der Waals surface area contributed by atoms with Gasteiger partial charge in [0.25, 0.3) is 0 Å². The Kier molecular flexibility index (Phi) is 6.63. The van der Waals surface area contributed by atoms with Crippen molar-refractivity contribution in [3.63, 3.8) is 0 Å². The summed E-state index contributed by atoms with van der Waals surface area (Å²) in [4.78, 5) is 16.3. The lowest BCUT2D eigenvalue weighted by atomic mass is 10.1. The highest BCUT2D eigenvalue weighted by Gasteiger charge is 2.09. The number of para-hydroxylation sites is 2. The number of aryl methyl sites for hydroxylation is 2. The summed E-state index contributed by atoms with van der Waals surface area (Å²) < 4.78 is 2.36. The van der Waals surface area contributed by atoms with E-state index in [2.05, 4.69) is 35.0 Å². The van der Waals surface area contributed by atoms with Gasteiger partial charge in [-0.25, -0.2) is 4.98 Å². The average Bonchev–Trinajstić information content (AvgIpc) is 2.89. The number of amides is 1. The second kappa shape index (κ2) is 8.70. The molecule has 4 heteroatoms. The third kappa shape index (κ3) is 4.81. The Balaban J connectivity index is 1.82. The number of rotatable bonds is 9. The van der Waals surface area contributed by atoms with Crippen LogP contribution in [0.15, 0.2) is 24.3 Å². The van der Waals surface area contributed by atoms with Crippen LogP contribution in [0.1, 0.15) is 52.3 Å². The van der Waals surface area contributed by atoms with Crippen LogP contribution < -0.4 is 5.32 Å². The van der Waals surface area contributed by atoms with Crippen molar-refractivity contribution in [3.8, 4) is 0 Å². The van der Waals surface area contributed by atoms with Gasteiger partial charge >= 0.3 is 0 Å². The first kappa shape index (κ1) is 17.5. The summed E-state index contributed by atoms with van der Waals surface area (Å²) in [7, 11) is 0. The van der Waals surface area contributed by atoms with Gasteiger partial charge in [0.2, 0.25) is 5.91 Å². The van der Waals surface area contributed by atoms with Crippen molar-refractivity contribution in [1.29, 1.82) is 0 Å². The van der Waals surface area contributed by atoms with Gasteiger partial charge in [0.1, 0.15) is 5.82 Å². The lowest BCUT2D eigenvalue weighted by molar-refractivity contribution is -0.123. The number of carbonyl (C=O) groups excluding carboxylic acids is 1. The van der Waals surface area contributed by atoms with Gasteiger partial charge in [-0.1, -0.05) is 39.3 Å². The lowest BCUT2D eigenvalue weighted by Gasteiger charge is -2.09. The molecule has 0 radical (unpaired) electrons. The lowest BCUT2D eigenvalue weighted by Crippen LogP contribution is -2.28. The number of carbonyl (C=O) groups is 1. The van der Waals surface area contributed by atoms with E-state index in [9.17, 15) is 4.79 Å². The summed E-state index contributed by atoms with van der Waals surface area (Å²) in [6, 6.07) is 8.37. The fourth-order valence-electron chi connectivity index (χ4n) is 2.79. The Bertz CT molecular complexity index is 631. The van der Waals surface area contributed by atoms with Crippen LogP contribution in [0.3, 0.4) is 0 Å². The van der Waals surface area contributed by atoms with E-state index in [4.69, 9.17) is 4.98 Å². The summed E-state index contributed by atoms with van der Waals surface area (Å²) in [6.07, 6.45) is 5.39. The van der Waals surface area contributed by atoms with Gasteiger partial charge < -0.3 is 9.88 Å². The molecule has 0 aliphatic rings. The summed E-state index contributed by atoms with van der Waals surface area (Å²) >= 11 is 0. The predicted octanol–water partition coefficient (Wildman–Crippen LogP) is 3.93. The first-order valence-electron chi connectivity index (χ1n) is 8.85. The SMILES string of the molecule is CCCn1c(CCCCCNC(=O)C(C)C)nc2ccccc21. The summed E-state index contributed by atoms with van der Waals surface area (Å²) in [5.74, 6) is 1.41. The van der Waals surface area contributed by atoms with E-state index in [1.165, 1.54) is 11.3 Å². The number of hydrogen-bond acceptors (Lipinski definition) is 2. The van der Waals surface area contributed by atoms with Crippen LogP contribution in [-0.2, 0) is 17.8 Å². The highest BCUT2D eigenvalue weighted by atomic mass is 16.1. The Hall–Kier alpha value is -1.84. The van der Waals surface area contributed by atoms with Gasteiger partial charge in [-0.2, -0.15) is 0 Å². The molecule has 0 fully saturated rings. The first-order chi connectivity index (χ1) is 11.1. The molecule has 0 saturated carbocycles. The van der Waals surface area contributed by atoms with Crippen molar-refractivity contribution in [3.05, 3.63) is 30.1 Å². The van der Waals surface area contributed by atoms with Gasteiger partial charge in [0, 0.05) is 25.4 Å². The molecule has 2 aromatic rings. The fourth-order valence-corrected chi connectivity index (χ4v) is 2.79. The molecular weight excluding hydrogens is 286 g/mol. The minimum Gasteiger partial charge on any atom is -0.356 e. The third-order valence-corrected chi connectivity index (χ3v) is 4.08. The Labute approximate surface area is 139 Å². The van der Waals surface area contributed by atoms with E-state index in [0.29, 0.717) is 0 Å². The van der Waals surface area contributed by atoms with Gasteiger partial charge in [0.05, 0.1) is 11.0 Å². The van der Waals surface area contributed by atoms with Gasteiger partial charge in [-0.15, -0.1) is 0 Å². The zero-order valence-electron chi connectivity index (χ0n) is 14.6. The normalized spacial score (nSPS) is 11.3. The molecule has 1 N–H and O–H groups in total. The number of aromatic nitrogens is 2. The molecule has 0 aliphatic heterocycles. The van der Waals surface area contributed by atoms with E-state index in [1.54, 1.807) is 0 Å². The largest absolute Gasteiger partial charge is 0.356 e. The summed E-state index contributed by atoms with van der Waals surface area (Å²) in [5.41, 5.74) is 2.34. The Morgan fingerprint density at radius 2 is 2.00 bits per heavy atom. The third-order valence-electron chi connectivity index (χ3n) is 4.08. The molecule has 1 amide bonds. The first-order valence-corrected chi connectivity index (χ1v) is 8.85. The molecule has 0 spiro atoms. The van der Waals surface area contributed by atoms with Crippen LogP contribution in [0.4, 0.5) is 0 Å². The van der Waals surface area contributed by atoms with Gasteiger partial charge in [-0.05, 0) is 31.4 Å². The number of imidazole rings is 1. The number of benzene rings is 1. The second-order valence-corrected chi connectivity index (χ2v) is 6.42. The van der Waals surface area contributed by atoms with Crippen molar-refractivity contribution in [2.75, 3.05) is 6.54 Å². The zero-order valence-corrected chi connectivity index (χ0v) is 14.6. The van der Waals surface area contributed by atoms with E-state index in [1.807, 2.05) is 19.9 Å². The molecule has 0 unspecified atom stereocenters. The Morgan fingerprint density at radius 3 is 2.74 bits per heavy atom. The predicted molar refractivity (Wildman–Crippen MR) is 95.4 cm³/mol. The van der Waals surface area contributed by atoms with Crippen molar-refractivity contribution >= 4 is 16.9 Å². The molecule has 0 atom stereocenters. The maximum atomic E-state index is 11.5. The molecule has 1 aromatic carbocycles. The quantitative estimate of drug-likeness (QED) is 0.713. The smallest absolute Gasteiger partial charge is 0.222 e. The van der Waals surface area contributed by atoms with Crippen LogP contribution in [0.5, 0.6) is 0 Å². The molecule has 0 aliphatic carbocycles. The number of nitrogens with one attached hydrogen (secondary N) is 1. The number of hydrogen-bond donors (Lipinski definition) is 1. The van der Waals surface area contributed by atoms with Crippen molar-refractivity contribution in [2.45, 2.75) is 59.4 Å². The minimum atomic E-state index is 0.0731. The second-order valence-electron chi connectivity index (χ2n) is 6.42. The Morgan fingerprint density at radius 1 is 1.22 bits per heavy atom. The number of nitrogens with zero attached hydrogens (tertiary/aromatic N) is 2. The summed E-state index contributed by atoms with van der Waals surface area (Å²) in [5, 5.41) is 2.97. The van der Waals surface area contributed by atoms with Crippen LogP contribution in [0, 0.1) is 5.92 Å². The van der Waals surface area contributed by atoms with E-state index in [-0.39, 0.29) is 11.8 Å². The molecule has 0 bridgehead atoms. The fraction of sp³-hybridized carbons (Fsp3) is 0.579. The van der Waals surface area contributed by atoms with E-state index in [0.717, 1.165) is 50.7 Å². The van der Waals surface area contributed by atoms with Crippen LogP contribution in [-0.4, -0.2) is 22.0 Å². The maximum absolute atomic E-state index is 11.5. The monoisotopic (exact) mass is 315 g/mol. The molecule has 0 saturated heterocycles. The molecule has 4 nitrogen and oxygen atoms in total. The zero-order chi connectivity index (χ0) is 16.7. The van der Waals surface area contributed by atoms with Crippen molar-refractivity contribution in [1.82, 2.24) is 14.9 Å². The van der Waals surface area contributed by atoms with E-state index < -0.39 is 0 Å². The molecule has 23 heavy (non-hydrogen) atoms. The highest BCUT2D eigenvalue weighted by molar-refractivity contribution is 5.77. The molecule has 126 valence electrons. The van der Waals surface area contributed by atoms with Crippen molar-refractivity contribution in [2.24, 2.45) is 5.92 Å². The van der Waals surface area contributed by atoms with Crippen molar-refractivity contribution < 1.29 is 4.79 Å². The van der Waals surface area contributed by atoms with E-state index >= 15 is 0 Å². The molecule has 2 rings (SSSR count). The summed E-state index contributed by atoms with van der Waals surface area (Å²) in [6.45, 7) is 7.86. The molecule has 1 heterocycles. The van der Waals surface area contributed by atoms with Crippen LogP contribution >= 0.6 is 0 Å². The topological polar surface area (TPSA) is 46.9 Å². The minimum absolute atomic E-state index is 0.0731. The van der Waals surface area contributed by atoms with Crippen LogP contribution in [0.2, 0.25) is 0 Å². The highest BCUT2D eigenvalue weighted by Crippen LogP contribution is 2.18. The standard InChI is InChI=1S/C19H29N3O/c1-4-14-22-17-11-8-7-10-16(17)21-18(22)12-6-5-9-13-20-19(23)15(2)3/h7-8,10-11,15H,4-6,9,12-14H2,1-3H3,(H,20,23). The molecule has 1 aromatic heterocycles. The maximum Gasteiger partial charge on any atom is 0.222 e. The van der Waals surface area contributed by atoms with Crippen LogP contribution in [0.25, 0.3) is 11.0 Å². The van der Waals surface area contributed by atoms with Gasteiger partial charge in [-0.3, -0.25) is 4.79 Å². The average molecular weight is 315 g/mol. The number of unbranched alkanes of at least 4 members (excludes halogenated alkanes) is 2. The number of fused-ring (bicyclic) bond motifs is 1.